The number of nitrogens with one attached hydrogen (secondary N) is 1. The number of hydrogen-bond donors (Lipinski definition) is 2. The summed E-state index contributed by atoms with van der Waals surface area (Å²) in [7, 11) is 0. The molecule has 0 spiro atoms. The summed E-state index contributed by atoms with van der Waals surface area (Å²) >= 11 is 0. The van der Waals surface area contributed by atoms with Gasteiger partial charge in [0.2, 0.25) is 0 Å². The summed E-state index contributed by atoms with van der Waals surface area (Å²) in [5.41, 5.74) is 7.23. The molecule has 0 radical (unpaired) electrons. The molecule has 2 aromatic rings. The summed E-state index contributed by atoms with van der Waals surface area (Å²) in [6.45, 7) is 8.89. The van der Waals surface area contributed by atoms with Crippen LogP contribution in [0.15, 0.2) is 28.7 Å². The Hall–Kier alpha value is -1.97. The van der Waals surface area contributed by atoms with Crippen LogP contribution in [0.3, 0.4) is 0 Å². The first-order chi connectivity index (χ1) is 8.88. The average molecular weight is 259 g/mol. The molecule has 0 unspecified atom stereocenters. The lowest BCUT2D eigenvalue weighted by molar-refractivity contribution is 0.385. The molecule has 4 nitrogen and oxygen atoms in total. The Labute approximate surface area is 114 Å². The van der Waals surface area contributed by atoms with Gasteiger partial charge in [0.05, 0.1) is 11.4 Å². The van der Waals surface area contributed by atoms with E-state index < -0.39 is 0 Å². The zero-order valence-electron chi connectivity index (χ0n) is 11.9. The molecule has 0 fully saturated rings. The number of pyridine rings is 1. The van der Waals surface area contributed by atoms with Crippen LogP contribution >= 0.6 is 0 Å². The first-order valence-corrected chi connectivity index (χ1v) is 6.42. The van der Waals surface area contributed by atoms with E-state index in [4.69, 9.17) is 10.2 Å². The molecule has 2 rings (SSSR count). The molecule has 0 saturated carbocycles. The Bertz CT molecular complexity index is 573. The van der Waals surface area contributed by atoms with Crippen LogP contribution < -0.4 is 11.1 Å². The van der Waals surface area contributed by atoms with Gasteiger partial charge < -0.3 is 15.5 Å². The molecule has 4 heteroatoms. The summed E-state index contributed by atoms with van der Waals surface area (Å²) in [5, 5.41) is 3.33. The van der Waals surface area contributed by atoms with Gasteiger partial charge in [-0.2, -0.15) is 0 Å². The van der Waals surface area contributed by atoms with Crippen molar-refractivity contribution in [3.05, 3.63) is 41.5 Å². The maximum Gasteiger partial charge on any atom is 0.126 e. The van der Waals surface area contributed by atoms with Gasteiger partial charge in [-0.25, -0.2) is 4.98 Å². The number of nitrogen functional groups attached to an aromatic ring is 1. The van der Waals surface area contributed by atoms with Crippen LogP contribution in [0.1, 0.15) is 31.1 Å². The van der Waals surface area contributed by atoms with Crippen molar-refractivity contribution in [1.29, 1.82) is 0 Å². The van der Waals surface area contributed by atoms with E-state index in [-0.39, 0.29) is 5.41 Å². The number of furan rings is 1. The van der Waals surface area contributed by atoms with Gasteiger partial charge in [0.25, 0.3) is 0 Å². The third kappa shape index (κ3) is 3.08. The van der Waals surface area contributed by atoms with E-state index >= 15 is 0 Å². The van der Waals surface area contributed by atoms with Crippen LogP contribution in [0.5, 0.6) is 0 Å². The molecular formula is C15H21N3O. The molecule has 0 amide bonds. The van der Waals surface area contributed by atoms with Crippen molar-refractivity contribution >= 4 is 11.5 Å². The maximum atomic E-state index is 5.76. The zero-order valence-corrected chi connectivity index (χ0v) is 11.9. The van der Waals surface area contributed by atoms with Gasteiger partial charge in [-0.1, -0.05) is 13.8 Å². The van der Waals surface area contributed by atoms with Gasteiger partial charge >= 0.3 is 0 Å². The summed E-state index contributed by atoms with van der Waals surface area (Å²) in [6.07, 6.45) is 0. The predicted molar refractivity (Wildman–Crippen MR) is 78.3 cm³/mol. The Morgan fingerprint density at radius 3 is 2.53 bits per heavy atom. The standard InChI is InChI=1S/C15H21N3O/c1-10-5-7-13(19-10)15(3,4)9-17-14-8-6-12(16)11(2)18-14/h5-8H,9,16H2,1-4H3,(H,17,18). The molecule has 102 valence electrons. The Balaban J connectivity index is 2.07. The number of rotatable bonds is 4. The average Bonchev–Trinajstić information content (AvgIpc) is 2.78. The second-order valence-corrected chi connectivity index (χ2v) is 5.52. The lowest BCUT2D eigenvalue weighted by Gasteiger charge is -2.23. The van der Waals surface area contributed by atoms with E-state index in [1.165, 1.54) is 0 Å². The van der Waals surface area contributed by atoms with Gasteiger partial charge in [0, 0.05) is 12.0 Å². The van der Waals surface area contributed by atoms with Crippen LogP contribution in [0.4, 0.5) is 11.5 Å². The lowest BCUT2D eigenvalue weighted by Crippen LogP contribution is -2.27. The third-order valence-corrected chi connectivity index (χ3v) is 3.25. The molecule has 0 aliphatic heterocycles. The normalized spacial score (nSPS) is 11.6. The second-order valence-electron chi connectivity index (χ2n) is 5.52. The zero-order chi connectivity index (χ0) is 14.0. The number of aromatic nitrogens is 1. The van der Waals surface area contributed by atoms with Gasteiger partial charge in [-0.3, -0.25) is 0 Å². The number of nitrogens with two attached hydrogens (primary N) is 1. The smallest absolute Gasteiger partial charge is 0.126 e. The highest BCUT2D eigenvalue weighted by Gasteiger charge is 2.24. The van der Waals surface area contributed by atoms with Crippen LogP contribution in [0.2, 0.25) is 0 Å². The minimum atomic E-state index is -0.0920. The number of anilines is 2. The van der Waals surface area contributed by atoms with Crippen molar-refractivity contribution in [3.63, 3.8) is 0 Å². The molecule has 0 aliphatic carbocycles. The fraction of sp³-hybridized carbons (Fsp3) is 0.400. The molecule has 2 aromatic heterocycles. The molecular weight excluding hydrogens is 238 g/mol. The third-order valence-electron chi connectivity index (χ3n) is 3.25. The van der Waals surface area contributed by atoms with Crippen LogP contribution in [0, 0.1) is 13.8 Å². The van der Waals surface area contributed by atoms with Crippen LogP contribution in [-0.4, -0.2) is 11.5 Å². The quantitative estimate of drug-likeness (QED) is 0.884. The Morgan fingerprint density at radius 2 is 1.95 bits per heavy atom. The molecule has 19 heavy (non-hydrogen) atoms. The van der Waals surface area contributed by atoms with Crippen molar-refractivity contribution in [2.24, 2.45) is 0 Å². The van der Waals surface area contributed by atoms with E-state index in [0.29, 0.717) is 5.69 Å². The number of hydrogen-bond acceptors (Lipinski definition) is 4. The van der Waals surface area contributed by atoms with Crippen molar-refractivity contribution in [2.45, 2.75) is 33.1 Å². The maximum absolute atomic E-state index is 5.76. The van der Waals surface area contributed by atoms with E-state index in [2.05, 4.69) is 24.1 Å². The predicted octanol–water partition coefficient (Wildman–Crippen LogP) is 3.26. The van der Waals surface area contributed by atoms with E-state index in [0.717, 1.165) is 29.6 Å². The summed E-state index contributed by atoms with van der Waals surface area (Å²) in [6, 6.07) is 7.78. The second kappa shape index (κ2) is 4.96. The highest BCUT2D eigenvalue weighted by Crippen LogP contribution is 2.25. The first-order valence-electron chi connectivity index (χ1n) is 6.42. The van der Waals surface area contributed by atoms with Crippen LogP contribution in [0.25, 0.3) is 0 Å². The summed E-state index contributed by atoms with van der Waals surface area (Å²) in [5.74, 6) is 2.75. The summed E-state index contributed by atoms with van der Waals surface area (Å²) < 4.78 is 5.70. The lowest BCUT2D eigenvalue weighted by atomic mass is 9.90. The summed E-state index contributed by atoms with van der Waals surface area (Å²) in [4.78, 5) is 4.41. The molecule has 0 saturated heterocycles. The fourth-order valence-corrected chi connectivity index (χ4v) is 1.87. The van der Waals surface area contributed by atoms with Crippen molar-refractivity contribution in [1.82, 2.24) is 4.98 Å². The topological polar surface area (TPSA) is 64.1 Å². The van der Waals surface area contributed by atoms with Crippen molar-refractivity contribution < 1.29 is 4.42 Å². The van der Waals surface area contributed by atoms with Gasteiger partial charge in [0.15, 0.2) is 0 Å². The van der Waals surface area contributed by atoms with Gasteiger partial charge in [0.1, 0.15) is 17.3 Å². The first kappa shape index (κ1) is 13.5. The minimum Gasteiger partial charge on any atom is -0.466 e. The van der Waals surface area contributed by atoms with Crippen molar-refractivity contribution in [3.8, 4) is 0 Å². The molecule has 2 heterocycles. The minimum absolute atomic E-state index is 0.0920. The SMILES string of the molecule is Cc1ccc(C(C)(C)CNc2ccc(N)c(C)n2)o1. The van der Waals surface area contributed by atoms with Crippen molar-refractivity contribution in [2.75, 3.05) is 17.6 Å². The van der Waals surface area contributed by atoms with Gasteiger partial charge in [-0.05, 0) is 38.1 Å². The van der Waals surface area contributed by atoms with E-state index in [1.807, 2.05) is 38.1 Å². The molecule has 0 aliphatic rings. The van der Waals surface area contributed by atoms with E-state index in [1.54, 1.807) is 0 Å². The molecule has 0 aromatic carbocycles. The Morgan fingerprint density at radius 1 is 1.21 bits per heavy atom. The number of aryl methyl sites for hydroxylation is 2. The Kier molecular flexibility index (Phi) is 3.51. The fourth-order valence-electron chi connectivity index (χ4n) is 1.87. The molecule has 0 bridgehead atoms. The number of nitrogens with zero attached hydrogens (tertiary/aromatic N) is 1. The largest absolute Gasteiger partial charge is 0.466 e. The highest BCUT2D eigenvalue weighted by atomic mass is 16.3. The monoisotopic (exact) mass is 259 g/mol. The van der Waals surface area contributed by atoms with Gasteiger partial charge in [-0.15, -0.1) is 0 Å². The highest BCUT2D eigenvalue weighted by molar-refractivity contribution is 5.49. The van der Waals surface area contributed by atoms with E-state index in [9.17, 15) is 0 Å². The molecule has 3 N–H and O–H groups in total. The van der Waals surface area contributed by atoms with Crippen LogP contribution in [-0.2, 0) is 5.41 Å². The molecule has 0 atom stereocenters.